The van der Waals surface area contributed by atoms with Crippen molar-refractivity contribution in [1.82, 2.24) is 9.71 Å². The van der Waals surface area contributed by atoms with Crippen LogP contribution in [-0.4, -0.2) is 31.2 Å². The van der Waals surface area contributed by atoms with Crippen molar-refractivity contribution in [2.45, 2.75) is 50.5 Å². The van der Waals surface area contributed by atoms with E-state index in [0.29, 0.717) is 13.0 Å². The molecule has 0 aliphatic heterocycles. The molecule has 1 aromatic heterocycles. The standard InChI is InChI=1S/C15H25N3O2S/c16-15(9-4-1-2-5-10-15)13-18-21(19,20)12-8-14-7-3-6-11-17-14/h3,6-7,11,18H,1-2,4-5,8-10,12-13,16H2. The fourth-order valence-electron chi connectivity index (χ4n) is 2.72. The molecule has 5 nitrogen and oxygen atoms in total. The summed E-state index contributed by atoms with van der Waals surface area (Å²) in [5, 5.41) is 0. The molecule has 0 aromatic carbocycles. The molecule has 0 atom stereocenters. The molecule has 0 saturated heterocycles. The van der Waals surface area contributed by atoms with Crippen LogP contribution < -0.4 is 10.5 Å². The molecule has 21 heavy (non-hydrogen) atoms. The van der Waals surface area contributed by atoms with Crippen LogP contribution in [0.3, 0.4) is 0 Å². The molecule has 0 radical (unpaired) electrons. The van der Waals surface area contributed by atoms with Crippen molar-refractivity contribution in [3.05, 3.63) is 30.1 Å². The number of nitrogens with zero attached hydrogens (tertiary/aromatic N) is 1. The Kier molecular flexibility index (Phi) is 5.72. The molecule has 1 saturated carbocycles. The van der Waals surface area contributed by atoms with Gasteiger partial charge in [-0.05, 0) is 25.0 Å². The van der Waals surface area contributed by atoms with E-state index in [9.17, 15) is 8.42 Å². The fraction of sp³-hybridized carbons (Fsp3) is 0.667. The third kappa shape index (κ3) is 5.73. The quantitative estimate of drug-likeness (QED) is 0.781. The maximum atomic E-state index is 12.1. The van der Waals surface area contributed by atoms with Gasteiger partial charge in [0.2, 0.25) is 10.0 Å². The van der Waals surface area contributed by atoms with Gasteiger partial charge in [-0.25, -0.2) is 13.1 Å². The van der Waals surface area contributed by atoms with Crippen molar-refractivity contribution in [3.63, 3.8) is 0 Å². The van der Waals surface area contributed by atoms with Gasteiger partial charge >= 0.3 is 0 Å². The second-order valence-electron chi connectivity index (χ2n) is 5.99. The number of hydrogen-bond donors (Lipinski definition) is 2. The predicted octanol–water partition coefficient (Wildman–Crippen LogP) is 1.60. The molecular formula is C15H25N3O2S. The summed E-state index contributed by atoms with van der Waals surface area (Å²) in [6.45, 7) is 0.345. The summed E-state index contributed by atoms with van der Waals surface area (Å²) in [4.78, 5) is 4.14. The first-order chi connectivity index (χ1) is 9.99. The van der Waals surface area contributed by atoms with Gasteiger partial charge in [-0.2, -0.15) is 0 Å². The van der Waals surface area contributed by atoms with E-state index in [2.05, 4.69) is 9.71 Å². The summed E-state index contributed by atoms with van der Waals surface area (Å²) < 4.78 is 26.8. The molecule has 3 N–H and O–H groups in total. The predicted molar refractivity (Wildman–Crippen MR) is 84.4 cm³/mol. The van der Waals surface area contributed by atoms with E-state index < -0.39 is 10.0 Å². The zero-order valence-corrected chi connectivity index (χ0v) is 13.2. The van der Waals surface area contributed by atoms with Crippen LogP contribution in [0.1, 0.15) is 44.2 Å². The summed E-state index contributed by atoms with van der Waals surface area (Å²) in [5.74, 6) is 0.0556. The topological polar surface area (TPSA) is 85.1 Å². The van der Waals surface area contributed by atoms with Crippen LogP contribution in [0.25, 0.3) is 0 Å². The Morgan fingerprint density at radius 3 is 2.52 bits per heavy atom. The van der Waals surface area contributed by atoms with E-state index in [-0.39, 0.29) is 11.3 Å². The van der Waals surface area contributed by atoms with Crippen molar-refractivity contribution >= 4 is 10.0 Å². The Morgan fingerprint density at radius 1 is 1.19 bits per heavy atom. The molecule has 2 rings (SSSR count). The van der Waals surface area contributed by atoms with Crippen molar-refractivity contribution in [3.8, 4) is 0 Å². The van der Waals surface area contributed by atoms with Gasteiger partial charge in [0, 0.05) is 30.4 Å². The number of aromatic nitrogens is 1. The third-order valence-electron chi connectivity index (χ3n) is 4.10. The molecule has 6 heteroatoms. The minimum absolute atomic E-state index is 0.0556. The lowest BCUT2D eigenvalue weighted by Crippen LogP contribution is -2.50. The van der Waals surface area contributed by atoms with Crippen molar-refractivity contribution in [1.29, 1.82) is 0 Å². The fourth-order valence-corrected chi connectivity index (χ4v) is 3.85. The van der Waals surface area contributed by atoms with E-state index >= 15 is 0 Å². The van der Waals surface area contributed by atoms with Gasteiger partial charge in [-0.1, -0.05) is 31.7 Å². The third-order valence-corrected chi connectivity index (χ3v) is 5.42. The second-order valence-corrected chi connectivity index (χ2v) is 7.91. The maximum absolute atomic E-state index is 12.1. The Balaban J connectivity index is 1.83. The van der Waals surface area contributed by atoms with Crippen molar-refractivity contribution < 1.29 is 8.42 Å². The Labute approximate surface area is 127 Å². The SMILES string of the molecule is NC1(CNS(=O)(=O)CCc2ccccn2)CCCCCC1. The first kappa shape index (κ1) is 16.4. The summed E-state index contributed by atoms with van der Waals surface area (Å²) >= 11 is 0. The molecule has 1 aliphatic carbocycles. The normalized spacial score (nSPS) is 19.1. The van der Waals surface area contributed by atoms with E-state index in [1.54, 1.807) is 6.20 Å². The lowest BCUT2D eigenvalue weighted by molar-refractivity contribution is 0.369. The van der Waals surface area contributed by atoms with Gasteiger partial charge in [0.05, 0.1) is 5.75 Å². The van der Waals surface area contributed by atoms with Crippen LogP contribution in [0.5, 0.6) is 0 Å². The highest BCUT2D eigenvalue weighted by Crippen LogP contribution is 2.24. The smallest absolute Gasteiger partial charge is 0.212 e. The molecule has 0 amide bonds. The number of pyridine rings is 1. The van der Waals surface area contributed by atoms with E-state index in [1.807, 2.05) is 18.2 Å². The summed E-state index contributed by atoms with van der Waals surface area (Å²) in [6, 6.07) is 5.52. The molecule has 1 aromatic rings. The lowest BCUT2D eigenvalue weighted by Gasteiger charge is -2.28. The number of nitrogens with two attached hydrogens (primary N) is 1. The van der Waals surface area contributed by atoms with Gasteiger partial charge in [-0.3, -0.25) is 4.98 Å². The van der Waals surface area contributed by atoms with Crippen LogP contribution in [0, 0.1) is 0 Å². The number of sulfonamides is 1. The number of rotatable bonds is 6. The van der Waals surface area contributed by atoms with Gasteiger partial charge < -0.3 is 5.73 Å². The molecule has 1 aliphatic rings. The second kappa shape index (κ2) is 7.33. The van der Waals surface area contributed by atoms with Gasteiger partial charge in [0.15, 0.2) is 0 Å². The minimum Gasteiger partial charge on any atom is -0.324 e. The van der Waals surface area contributed by atoms with E-state index in [1.165, 1.54) is 12.8 Å². The zero-order valence-electron chi connectivity index (χ0n) is 12.4. The Bertz CT molecular complexity index is 523. The molecule has 1 heterocycles. The summed E-state index contributed by atoms with van der Waals surface area (Å²) in [7, 11) is -3.30. The van der Waals surface area contributed by atoms with Crippen LogP contribution in [0.15, 0.2) is 24.4 Å². The van der Waals surface area contributed by atoms with Crippen molar-refractivity contribution in [2.75, 3.05) is 12.3 Å². The van der Waals surface area contributed by atoms with Crippen LogP contribution in [0.4, 0.5) is 0 Å². The van der Waals surface area contributed by atoms with Crippen LogP contribution in [-0.2, 0) is 16.4 Å². The van der Waals surface area contributed by atoms with Gasteiger partial charge in [0.1, 0.15) is 0 Å². The van der Waals surface area contributed by atoms with Crippen LogP contribution in [0.2, 0.25) is 0 Å². The molecule has 0 bridgehead atoms. The number of hydrogen-bond acceptors (Lipinski definition) is 4. The van der Waals surface area contributed by atoms with Crippen molar-refractivity contribution in [2.24, 2.45) is 5.73 Å². The number of nitrogens with one attached hydrogen (secondary N) is 1. The first-order valence-corrected chi connectivity index (χ1v) is 9.31. The highest BCUT2D eigenvalue weighted by molar-refractivity contribution is 7.89. The number of aryl methyl sites for hydroxylation is 1. The Morgan fingerprint density at radius 2 is 1.90 bits per heavy atom. The Hall–Kier alpha value is -0.980. The van der Waals surface area contributed by atoms with Gasteiger partial charge in [0.25, 0.3) is 0 Å². The molecular weight excluding hydrogens is 286 g/mol. The maximum Gasteiger partial charge on any atom is 0.212 e. The monoisotopic (exact) mass is 311 g/mol. The molecule has 118 valence electrons. The van der Waals surface area contributed by atoms with Crippen LogP contribution >= 0.6 is 0 Å². The molecule has 1 fully saturated rings. The summed E-state index contributed by atoms with van der Waals surface area (Å²) in [6.07, 6.45) is 8.48. The van der Waals surface area contributed by atoms with E-state index in [0.717, 1.165) is 31.4 Å². The lowest BCUT2D eigenvalue weighted by atomic mass is 9.92. The average molecular weight is 311 g/mol. The highest BCUT2D eigenvalue weighted by atomic mass is 32.2. The highest BCUT2D eigenvalue weighted by Gasteiger charge is 2.27. The first-order valence-electron chi connectivity index (χ1n) is 7.65. The zero-order chi connectivity index (χ0) is 15.2. The molecule has 0 unspecified atom stereocenters. The molecule has 0 spiro atoms. The van der Waals surface area contributed by atoms with E-state index in [4.69, 9.17) is 5.73 Å². The minimum atomic E-state index is -3.30. The largest absolute Gasteiger partial charge is 0.324 e. The van der Waals surface area contributed by atoms with Gasteiger partial charge in [-0.15, -0.1) is 0 Å². The average Bonchev–Trinajstić information content (AvgIpc) is 2.70. The summed E-state index contributed by atoms with van der Waals surface area (Å²) in [5.41, 5.74) is 6.75.